The molecule has 6 heteroatoms. The third kappa shape index (κ3) is 9.25. The predicted molar refractivity (Wildman–Crippen MR) is 157 cm³/mol. The van der Waals surface area contributed by atoms with Crippen LogP contribution in [-0.4, -0.2) is 42.2 Å². The maximum Gasteiger partial charge on any atom is 0.243 e. The van der Waals surface area contributed by atoms with Crippen LogP contribution in [0, 0.1) is 13.8 Å². The van der Waals surface area contributed by atoms with Crippen LogP contribution < -0.4 is 10.1 Å². The Bertz CT molecular complexity index is 1160. The number of hydrogen-bond acceptors (Lipinski definition) is 4. The van der Waals surface area contributed by atoms with E-state index in [2.05, 4.69) is 44.3 Å². The van der Waals surface area contributed by atoms with Gasteiger partial charge < -0.3 is 15.0 Å². The first kappa shape index (κ1) is 29.3. The summed E-state index contributed by atoms with van der Waals surface area (Å²) in [7, 11) is 1.63. The van der Waals surface area contributed by atoms with Crippen molar-refractivity contribution in [1.29, 1.82) is 0 Å². The van der Waals surface area contributed by atoms with Gasteiger partial charge in [0.2, 0.25) is 11.8 Å². The lowest BCUT2D eigenvalue weighted by Gasteiger charge is -2.31. The predicted octanol–water partition coefficient (Wildman–Crippen LogP) is 6.10. The molecule has 0 aliphatic carbocycles. The SMILES string of the molecule is CCCCNC(=O)[C@H](Cc1ccccc1)N(Cc1cccc(OC)c1)C(=O)CSCc1cc(C)cc(C)c1. The fourth-order valence-corrected chi connectivity index (χ4v) is 5.36. The number of aryl methyl sites for hydroxylation is 2. The zero-order chi connectivity index (χ0) is 27.3. The standard InChI is InChI=1S/C32H40N2O3S/c1-5-6-15-33-32(36)30(20-26-11-8-7-9-12-26)34(21-27-13-10-14-29(19-27)37-4)31(35)23-38-22-28-17-24(2)16-25(3)18-28/h7-14,16-19,30H,5-6,15,20-23H2,1-4H3,(H,33,36)/t30-/m0/s1. The lowest BCUT2D eigenvalue weighted by molar-refractivity contribution is -0.139. The molecule has 1 atom stereocenters. The number of ether oxygens (including phenoxy) is 1. The van der Waals surface area contributed by atoms with E-state index in [1.165, 1.54) is 16.7 Å². The van der Waals surface area contributed by atoms with Crippen molar-refractivity contribution >= 4 is 23.6 Å². The topological polar surface area (TPSA) is 58.6 Å². The first-order chi connectivity index (χ1) is 18.4. The summed E-state index contributed by atoms with van der Waals surface area (Å²) in [5.41, 5.74) is 5.60. The van der Waals surface area contributed by atoms with Crippen LogP contribution in [0.3, 0.4) is 0 Å². The first-order valence-corrected chi connectivity index (χ1v) is 14.4. The molecule has 3 aromatic rings. The van der Waals surface area contributed by atoms with Gasteiger partial charge in [0.25, 0.3) is 0 Å². The third-order valence-electron chi connectivity index (χ3n) is 6.36. The molecule has 0 bridgehead atoms. The maximum atomic E-state index is 13.8. The summed E-state index contributed by atoms with van der Waals surface area (Å²) < 4.78 is 5.41. The second kappa shape index (κ2) is 15.2. The molecule has 0 aliphatic rings. The van der Waals surface area contributed by atoms with Gasteiger partial charge in [0.05, 0.1) is 12.9 Å². The Morgan fingerprint density at radius 3 is 2.32 bits per heavy atom. The Labute approximate surface area is 232 Å². The summed E-state index contributed by atoms with van der Waals surface area (Å²) >= 11 is 1.59. The van der Waals surface area contributed by atoms with Crippen molar-refractivity contribution < 1.29 is 14.3 Å². The van der Waals surface area contributed by atoms with Crippen LogP contribution in [0.1, 0.15) is 47.6 Å². The second-order valence-corrected chi connectivity index (χ2v) is 10.7. The minimum atomic E-state index is -0.616. The number of amides is 2. The minimum absolute atomic E-state index is 0.0474. The number of methoxy groups -OCH3 is 1. The van der Waals surface area contributed by atoms with Crippen molar-refractivity contribution in [2.75, 3.05) is 19.4 Å². The first-order valence-electron chi connectivity index (χ1n) is 13.3. The van der Waals surface area contributed by atoms with E-state index in [9.17, 15) is 9.59 Å². The van der Waals surface area contributed by atoms with Crippen molar-refractivity contribution in [3.8, 4) is 5.75 Å². The normalized spacial score (nSPS) is 11.6. The average molecular weight is 533 g/mol. The van der Waals surface area contributed by atoms with Crippen LogP contribution in [0.4, 0.5) is 0 Å². The molecule has 0 unspecified atom stereocenters. The molecule has 0 fully saturated rings. The highest BCUT2D eigenvalue weighted by molar-refractivity contribution is 7.99. The number of rotatable bonds is 14. The summed E-state index contributed by atoms with van der Waals surface area (Å²) in [5.74, 6) is 1.61. The Hall–Kier alpha value is -3.25. The Morgan fingerprint density at radius 2 is 1.63 bits per heavy atom. The van der Waals surface area contributed by atoms with Gasteiger partial charge >= 0.3 is 0 Å². The van der Waals surface area contributed by atoms with Crippen molar-refractivity contribution in [2.24, 2.45) is 0 Å². The Morgan fingerprint density at radius 1 is 0.921 bits per heavy atom. The number of carbonyl (C=O) groups excluding carboxylic acids is 2. The lowest BCUT2D eigenvalue weighted by atomic mass is 10.0. The molecule has 0 heterocycles. The number of carbonyl (C=O) groups is 2. The number of benzene rings is 3. The molecule has 3 aromatic carbocycles. The summed E-state index contributed by atoms with van der Waals surface area (Å²) in [4.78, 5) is 29.0. The molecular weight excluding hydrogens is 492 g/mol. The molecule has 0 saturated heterocycles. The van der Waals surface area contributed by atoms with Gasteiger partial charge in [-0.2, -0.15) is 0 Å². The largest absolute Gasteiger partial charge is 0.497 e. The van der Waals surface area contributed by atoms with Crippen LogP contribution in [0.15, 0.2) is 72.8 Å². The van der Waals surface area contributed by atoms with Gasteiger partial charge in [-0.3, -0.25) is 9.59 Å². The van der Waals surface area contributed by atoms with Crippen molar-refractivity contribution in [1.82, 2.24) is 10.2 Å². The zero-order valence-electron chi connectivity index (χ0n) is 23.0. The van der Waals surface area contributed by atoms with E-state index in [0.29, 0.717) is 25.3 Å². The summed E-state index contributed by atoms with van der Waals surface area (Å²) in [5, 5.41) is 3.08. The van der Waals surface area contributed by atoms with Gasteiger partial charge in [-0.05, 0) is 49.1 Å². The van der Waals surface area contributed by atoms with Gasteiger partial charge in [0.15, 0.2) is 0 Å². The van der Waals surface area contributed by atoms with Crippen molar-refractivity contribution in [3.63, 3.8) is 0 Å². The average Bonchev–Trinajstić information content (AvgIpc) is 2.90. The molecule has 0 aliphatic heterocycles. The molecule has 2 amide bonds. The van der Waals surface area contributed by atoms with Gasteiger partial charge in [-0.1, -0.05) is 85.1 Å². The van der Waals surface area contributed by atoms with Crippen LogP contribution in [-0.2, 0) is 28.3 Å². The van der Waals surface area contributed by atoms with Gasteiger partial charge in [-0.25, -0.2) is 0 Å². The van der Waals surface area contributed by atoms with Crippen molar-refractivity contribution in [2.45, 2.75) is 58.4 Å². The molecule has 3 rings (SSSR count). The number of nitrogens with one attached hydrogen (secondary N) is 1. The highest BCUT2D eigenvalue weighted by Crippen LogP contribution is 2.21. The number of nitrogens with zero attached hydrogens (tertiary/aromatic N) is 1. The summed E-state index contributed by atoms with van der Waals surface area (Å²) in [6.45, 7) is 7.21. The van der Waals surface area contributed by atoms with E-state index in [1.54, 1.807) is 23.8 Å². The zero-order valence-corrected chi connectivity index (χ0v) is 23.9. The van der Waals surface area contributed by atoms with Crippen LogP contribution in [0.25, 0.3) is 0 Å². The van der Waals surface area contributed by atoms with Gasteiger partial charge in [0.1, 0.15) is 11.8 Å². The van der Waals surface area contributed by atoms with Crippen LogP contribution >= 0.6 is 11.8 Å². The molecule has 0 spiro atoms. The fraction of sp³-hybridized carbons (Fsp3) is 0.375. The lowest BCUT2D eigenvalue weighted by Crippen LogP contribution is -2.51. The van der Waals surface area contributed by atoms with E-state index < -0.39 is 6.04 Å². The maximum absolute atomic E-state index is 13.8. The van der Waals surface area contributed by atoms with E-state index in [1.807, 2.05) is 54.6 Å². The van der Waals surface area contributed by atoms with Crippen LogP contribution in [0.2, 0.25) is 0 Å². The quantitative estimate of drug-likeness (QED) is 0.255. The van der Waals surface area contributed by atoms with Gasteiger partial charge in [-0.15, -0.1) is 11.8 Å². The molecule has 1 N–H and O–H groups in total. The molecule has 202 valence electrons. The highest BCUT2D eigenvalue weighted by atomic mass is 32.2. The third-order valence-corrected chi connectivity index (χ3v) is 7.35. The number of hydrogen-bond donors (Lipinski definition) is 1. The Kier molecular flexibility index (Phi) is 11.7. The summed E-state index contributed by atoms with van der Waals surface area (Å²) in [6, 6.07) is 23.5. The smallest absolute Gasteiger partial charge is 0.243 e. The number of thioether (sulfide) groups is 1. The van der Waals surface area contributed by atoms with E-state index >= 15 is 0 Å². The van der Waals surface area contributed by atoms with Gasteiger partial charge in [0, 0.05) is 25.3 Å². The van der Waals surface area contributed by atoms with Crippen molar-refractivity contribution in [3.05, 3.63) is 101 Å². The molecule has 5 nitrogen and oxygen atoms in total. The fourth-order valence-electron chi connectivity index (χ4n) is 4.52. The number of unbranched alkanes of at least 4 members (excludes halogenated alkanes) is 1. The molecule has 38 heavy (non-hydrogen) atoms. The van der Waals surface area contributed by atoms with E-state index in [-0.39, 0.29) is 11.8 Å². The van der Waals surface area contributed by atoms with E-state index in [0.717, 1.165) is 35.5 Å². The van der Waals surface area contributed by atoms with Crippen LogP contribution in [0.5, 0.6) is 5.75 Å². The molecular formula is C32H40N2O3S. The Balaban J connectivity index is 1.85. The minimum Gasteiger partial charge on any atom is -0.497 e. The molecule has 0 saturated carbocycles. The molecule has 0 aromatic heterocycles. The molecule has 0 radical (unpaired) electrons. The van der Waals surface area contributed by atoms with E-state index in [4.69, 9.17) is 4.74 Å². The monoisotopic (exact) mass is 532 g/mol. The highest BCUT2D eigenvalue weighted by Gasteiger charge is 2.30. The second-order valence-electron chi connectivity index (χ2n) is 9.71. The summed E-state index contributed by atoms with van der Waals surface area (Å²) in [6.07, 6.45) is 2.35.